The van der Waals surface area contributed by atoms with Crippen LogP contribution in [-0.4, -0.2) is 26.7 Å². The molecule has 0 aliphatic carbocycles. The smallest absolute Gasteiger partial charge is 0.408 e. The molecule has 0 bridgehead atoms. The van der Waals surface area contributed by atoms with Gasteiger partial charge >= 0.3 is 6.09 Å². The van der Waals surface area contributed by atoms with E-state index in [0.29, 0.717) is 12.1 Å². The van der Waals surface area contributed by atoms with Crippen LogP contribution in [0.15, 0.2) is 51.8 Å². The van der Waals surface area contributed by atoms with Crippen LogP contribution in [0.2, 0.25) is 0 Å². The van der Waals surface area contributed by atoms with E-state index < -0.39 is 21.7 Å². The maximum absolute atomic E-state index is 13.3. The summed E-state index contributed by atoms with van der Waals surface area (Å²) in [5, 5.41) is 2.87. The number of nitrogens with one attached hydrogen (secondary N) is 1. The van der Waals surface area contributed by atoms with Crippen molar-refractivity contribution in [1.82, 2.24) is 5.32 Å². The standard InChI is InChI=1S/C21H25BrN2O4S/c1-14-5-8-16(9-6-14)29(26,27)24-12-11-18(23-20(25)28-21(2,3)4)17-10-7-15(22)13-19(17)24/h5-10,13,18H,11-12H2,1-4H3,(H,23,25). The first kappa shape index (κ1) is 21.6. The summed E-state index contributed by atoms with van der Waals surface area (Å²) >= 11 is 3.43. The molecule has 6 nitrogen and oxygen atoms in total. The summed E-state index contributed by atoms with van der Waals surface area (Å²) in [7, 11) is -3.72. The Labute approximate surface area is 180 Å². The average Bonchev–Trinajstić information content (AvgIpc) is 2.60. The topological polar surface area (TPSA) is 75.7 Å². The van der Waals surface area contributed by atoms with Crippen LogP contribution in [0.25, 0.3) is 0 Å². The van der Waals surface area contributed by atoms with Gasteiger partial charge in [0.2, 0.25) is 0 Å². The van der Waals surface area contributed by atoms with Crippen LogP contribution in [0, 0.1) is 6.92 Å². The minimum atomic E-state index is -3.72. The lowest BCUT2D eigenvalue weighted by atomic mass is 9.98. The first-order chi connectivity index (χ1) is 13.5. The molecule has 29 heavy (non-hydrogen) atoms. The molecular weight excluding hydrogens is 456 g/mol. The third kappa shape index (κ3) is 4.93. The average molecular weight is 481 g/mol. The van der Waals surface area contributed by atoms with Crippen molar-refractivity contribution in [3.8, 4) is 0 Å². The van der Waals surface area contributed by atoms with Gasteiger partial charge in [-0.2, -0.15) is 0 Å². The Morgan fingerprint density at radius 1 is 1.17 bits per heavy atom. The Morgan fingerprint density at radius 3 is 2.45 bits per heavy atom. The van der Waals surface area contributed by atoms with Gasteiger partial charge in [0.05, 0.1) is 16.6 Å². The van der Waals surface area contributed by atoms with Crippen molar-refractivity contribution in [2.45, 2.75) is 50.7 Å². The zero-order valence-corrected chi connectivity index (χ0v) is 19.3. The Morgan fingerprint density at radius 2 is 1.83 bits per heavy atom. The van der Waals surface area contributed by atoms with E-state index in [1.54, 1.807) is 51.1 Å². The van der Waals surface area contributed by atoms with Gasteiger partial charge in [-0.15, -0.1) is 0 Å². The highest BCUT2D eigenvalue weighted by atomic mass is 79.9. The van der Waals surface area contributed by atoms with Crippen molar-refractivity contribution < 1.29 is 17.9 Å². The van der Waals surface area contributed by atoms with Crippen molar-refractivity contribution in [2.75, 3.05) is 10.8 Å². The fraction of sp³-hybridized carbons (Fsp3) is 0.381. The van der Waals surface area contributed by atoms with Gasteiger partial charge in [-0.05, 0) is 63.9 Å². The maximum atomic E-state index is 13.3. The third-order valence-electron chi connectivity index (χ3n) is 4.56. The maximum Gasteiger partial charge on any atom is 0.408 e. The monoisotopic (exact) mass is 480 g/mol. The fourth-order valence-electron chi connectivity index (χ4n) is 3.24. The number of hydrogen-bond donors (Lipinski definition) is 1. The zero-order chi connectivity index (χ0) is 21.4. The molecule has 0 spiro atoms. The molecule has 1 aliphatic heterocycles. The number of ether oxygens (including phenoxy) is 1. The SMILES string of the molecule is Cc1ccc(S(=O)(=O)N2CCC(NC(=O)OC(C)(C)C)c3ccc(Br)cc32)cc1. The Balaban J connectivity index is 1.95. The quantitative estimate of drug-likeness (QED) is 0.675. The van der Waals surface area contributed by atoms with E-state index in [0.717, 1.165) is 15.6 Å². The highest BCUT2D eigenvalue weighted by molar-refractivity contribution is 9.10. The van der Waals surface area contributed by atoms with Gasteiger partial charge in [0, 0.05) is 11.0 Å². The van der Waals surface area contributed by atoms with Gasteiger partial charge in [0.25, 0.3) is 10.0 Å². The van der Waals surface area contributed by atoms with Crippen molar-refractivity contribution in [2.24, 2.45) is 0 Å². The molecule has 1 atom stereocenters. The van der Waals surface area contributed by atoms with E-state index in [9.17, 15) is 13.2 Å². The second-order valence-corrected chi connectivity index (χ2v) is 10.9. The number of anilines is 1. The van der Waals surface area contributed by atoms with Crippen molar-refractivity contribution in [3.05, 3.63) is 58.1 Å². The molecule has 0 saturated heterocycles. The molecule has 0 aromatic heterocycles. The van der Waals surface area contributed by atoms with Gasteiger partial charge in [-0.3, -0.25) is 4.31 Å². The number of hydrogen-bond acceptors (Lipinski definition) is 4. The second kappa shape index (κ2) is 7.99. The highest BCUT2D eigenvalue weighted by Crippen LogP contribution is 2.39. The third-order valence-corrected chi connectivity index (χ3v) is 6.88. The summed E-state index contributed by atoms with van der Waals surface area (Å²) in [6.07, 6.45) is -0.0786. The van der Waals surface area contributed by atoms with Crippen LogP contribution in [0.4, 0.5) is 10.5 Å². The number of nitrogens with zero attached hydrogens (tertiary/aromatic N) is 1. The minimum absolute atomic E-state index is 0.243. The van der Waals surface area contributed by atoms with Gasteiger partial charge in [-0.1, -0.05) is 39.7 Å². The fourth-order valence-corrected chi connectivity index (χ4v) is 5.08. The van der Waals surface area contributed by atoms with Gasteiger partial charge < -0.3 is 10.1 Å². The molecule has 156 valence electrons. The number of benzene rings is 2. The van der Waals surface area contributed by atoms with E-state index >= 15 is 0 Å². The minimum Gasteiger partial charge on any atom is -0.444 e. The lowest BCUT2D eigenvalue weighted by Gasteiger charge is -2.35. The number of alkyl carbamates (subject to hydrolysis) is 1. The lowest BCUT2D eigenvalue weighted by Crippen LogP contribution is -2.42. The summed E-state index contributed by atoms with van der Waals surface area (Å²) in [4.78, 5) is 12.5. The zero-order valence-electron chi connectivity index (χ0n) is 16.9. The molecule has 2 aromatic rings. The molecule has 1 amide bonds. The summed E-state index contributed by atoms with van der Waals surface area (Å²) < 4.78 is 34.1. The van der Waals surface area contributed by atoms with E-state index in [1.165, 1.54) is 4.31 Å². The van der Waals surface area contributed by atoms with Crippen LogP contribution in [0.1, 0.15) is 44.4 Å². The van der Waals surface area contributed by atoms with Crippen molar-refractivity contribution >= 4 is 37.7 Å². The normalized spacial score (nSPS) is 16.9. The summed E-state index contributed by atoms with van der Waals surface area (Å²) in [6.45, 7) is 7.56. The van der Waals surface area contributed by atoms with Crippen LogP contribution < -0.4 is 9.62 Å². The predicted molar refractivity (Wildman–Crippen MR) is 117 cm³/mol. The van der Waals surface area contributed by atoms with Gasteiger partial charge in [-0.25, -0.2) is 13.2 Å². The molecular formula is C21H25BrN2O4S. The number of sulfonamides is 1. The summed E-state index contributed by atoms with van der Waals surface area (Å²) in [6, 6.07) is 11.9. The van der Waals surface area contributed by atoms with E-state index in [2.05, 4.69) is 21.2 Å². The second-order valence-electron chi connectivity index (χ2n) is 8.08. The molecule has 8 heteroatoms. The van der Waals surface area contributed by atoms with Gasteiger partial charge in [0.1, 0.15) is 5.60 Å². The van der Waals surface area contributed by atoms with Crippen LogP contribution in [0.5, 0.6) is 0 Å². The number of carbonyl (C=O) groups is 1. The van der Waals surface area contributed by atoms with E-state index in [1.807, 2.05) is 19.1 Å². The van der Waals surface area contributed by atoms with E-state index in [-0.39, 0.29) is 17.5 Å². The Hall–Kier alpha value is -2.06. The summed E-state index contributed by atoms with van der Waals surface area (Å²) in [5.74, 6) is 0. The lowest BCUT2D eigenvalue weighted by molar-refractivity contribution is 0.0501. The van der Waals surface area contributed by atoms with E-state index in [4.69, 9.17) is 4.74 Å². The van der Waals surface area contributed by atoms with Crippen molar-refractivity contribution in [1.29, 1.82) is 0 Å². The molecule has 0 fully saturated rings. The number of amides is 1. The molecule has 3 rings (SSSR count). The first-order valence-corrected chi connectivity index (χ1v) is 11.6. The molecule has 0 saturated carbocycles. The van der Waals surface area contributed by atoms with Crippen LogP contribution >= 0.6 is 15.9 Å². The molecule has 2 aromatic carbocycles. The number of fused-ring (bicyclic) bond motifs is 1. The largest absolute Gasteiger partial charge is 0.444 e. The highest BCUT2D eigenvalue weighted by Gasteiger charge is 2.34. The molecule has 1 heterocycles. The predicted octanol–water partition coefficient (Wildman–Crippen LogP) is 4.92. The first-order valence-electron chi connectivity index (χ1n) is 9.36. The van der Waals surface area contributed by atoms with Crippen LogP contribution in [0.3, 0.4) is 0 Å². The van der Waals surface area contributed by atoms with Crippen LogP contribution in [-0.2, 0) is 14.8 Å². The molecule has 1 aliphatic rings. The number of aryl methyl sites for hydroxylation is 1. The Kier molecular flexibility index (Phi) is 5.96. The summed E-state index contributed by atoms with van der Waals surface area (Å²) in [5.41, 5.74) is 1.67. The number of rotatable bonds is 3. The Bertz CT molecular complexity index is 1010. The van der Waals surface area contributed by atoms with Crippen molar-refractivity contribution in [3.63, 3.8) is 0 Å². The number of carbonyl (C=O) groups excluding carboxylic acids is 1. The number of halogens is 1. The molecule has 0 radical (unpaired) electrons. The molecule has 1 N–H and O–H groups in total. The molecule has 1 unspecified atom stereocenters. The van der Waals surface area contributed by atoms with Gasteiger partial charge in [0.15, 0.2) is 0 Å².